The number of carbonyl (C=O) groups is 1. The molecule has 0 aromatic rings. The third-order valence-corrected chi connectivity index (χ3v) is 5.54. The Morgan fingerprint density at radius 1 is 1.08 bits per heavy atom. The molecule has 0 aliphatic heterocycles. The number of ether oxygens (including phenoxy) is 1. The van der Waals surface area contributed by atoms with Gasteiger partial charge in [0.2, 0.25) is 0 Å². The van der Waals surface area contributed by atoms with E-state index in [0.29, 0.717) is 5.92 Å². The third-order valence-electron chi connectivity index (χ3n) is 5.54. The second-order valence-electron chi connectivity index (χ2n) is 7.35. The molecule has 2 rings (SSSR count). The van der Waals surface area contributed by atoms with E-state index in [1.807, 2.05) is 12.1 Å². The van der Waals surface area contributed by atoms with Crippen LogP contribution in [0.5, 0.6) is 0 Å². The van der Waals surface area contributed by atoms with Gasteiger partial charge in [0.15, 0.2) is 0 Å². The maximum atomic E-state index is 12.4. The van der Waals surface area contributed by atoms with Crippen LogP contribution in [0, 0.1) is 29.1 Å². The van der Waals surface area contributed by atoms with Gasteiger partial charge in [0.05, 0.1) is 12.0 Å². The molecule has 3 nitrogen and oxygen atoms in total. The van der Waals surface area contributed by atoms with Crippen molar-refractivity contribution in [2.24, 2.45) is 17.8 Å². The molecule has 0 radical (unpaired) electrons. The summed E-state index contributed by atoms with van der Waals surface area (Å²) in [5.41, 5.74) is 0. The monoisotopic (exact) mass is 329 g/mol. The van der Waals surface area contributed by atoms with Crippen molar-refractivity contribution in [3.05, 3.63) is 24.3 Å². The Hall–Kier alpha value is -1.56. The van der Waals surface area contributed by atoms with E-state index in [-0.39, 0.29) is 18.0 Å². The normalized spacial score (nSPS) is 31.2. The highest BCUT2D eigenvalue weighted by atomic mass is 16.5. The molecule has 0 N–H and O–H groups in total. The van der Waals surface area contributed by atoms with E-state index in [4.69, 9.17) is 10.00 Å². The summed E-state index contributed by atoms with van der Waals surface area (Å²) in [6.07, 6.45) is 18.6. The van der Waals surface area contributed by atoms with Gasteiger partial charge in [-0.1, -0.05) is 38.0 Å². The summed E-state index contributed by atoms with van der Waals surface area (Å²) in [6, 6.07) is 1.99. The number of hydrogen-bond acceptors (Lipinski definition) is 3. The van der Waals surface area contributed by atoms with Gasteiger partial charge in [-0.15, -0.1) is 0 Å². The molecule has 0 atom stereocenters. The lowest BCUT2D eigenvalue weighted by Crippen LogP contribution is -2.29. The van der Waals surface area contributed by atoms with Crippen molar-refractivity contribution in [2.75, 3.05) is 0 Å². The molecule has 0 saturated heterocycles. The lowest BCUT2D eigenvalue weighted by Gasteiger charge is -2.31. The highest BCUT2D eigenvalue weighted by Crippen LogP contribution is 2.33. The van der Waals surface area contributed by atoms with Crippen molar-refractivity contribution in [3.8, 4) is 6.07 Å². The predicted octanol–water partition coefficient (Wildman–Crippen LogP) is 5.33. The SMILES string of the molecule is CCC[C@H]1CC[C@H](C(=O)OC2CCC(/C=C/C=CC#N)CC2)CC1. The largest absolute Gasteiger partial charge is 0.462 e. The highest BCUT2D eigenvalue weighted by molar-refractivity contribution is 5.72. The van der Waals surface area contributed by atoms with Gasteiger partial charge >= 0.3 is 5.97 Å². The lowest BCUT2D eigenvalue weighted by atomic mass is 9.80. The van der Waals surface area contributed by atoms with Crippen molar-refractivity contribution in [2.45, 2.75) is 77.2 Å². The Morgan fingerprint density at radius 3 is 2.42 bits per heavy atom. The molecule has 2 saturated carbocycles. The first-order valence-corrected chi connectivity index (χ1v) is 9.66. The molecule has 0 aromatic heterocycles. The van der Waals surface area contributed by atoms with Gasteiger partial charge in [0.25, 0.3) is 0 Å². The zero-order chi connectivity index (χ0) is 17.2. The number of allylic oxidation sites excluding steroid dienone is 4. The average molecular weight is 329 g/mol. The molecule has 0 heterocycles. The highest BCUT2D eigenvalue weighted by Gasteiger charge is 2.30. The Labute approximate surface area is 146 Å². The van der Waals surface area contributed by atoms with Gasteiger partial charge in [-0.2, -0.15) is 5.26 Å². The number of nitrogens with zero attached hydrogens (tertiary/aromatic N) is 1. The fourth-order valence-corrected chi connectivity index (χ4v) is 4.07. The Bertz CT molecular complexity index is 473. The summed E-state index contributed by atoms with van der Waals surface area (Å²) in [5.74, 6) is 1.58. The maximum absolute atomic E-state index is 12.4. The quantitative estimate of drug-likeness (QED) is 0.376. The minimum atomic E-state index is 0.0564. The van der Waals surface area contributed by atoms with Crippen LogP contribution in [0.15, 0.2) is 24.3 Å². The first-order chi connectivity index (χ1) is 11.7. The van der Waals surface area contributed by atoms with Crippen molar-refractivity contribution in [1.82, 2.24) is 0 Å². The van der Waals surface area contributed by atoms with Gasteiger partial charge in [0.1, 0.15) is 6.10 Å². The third kappa shape index (κ3) is 6.15. The van der Waals surface area contributed by atoms with Crippen molar-refractivity contribution in [3.63, 3.8) is 0 Å². The van der Waals surface area contributed by atoms with Crippen LogP contribution in [0.25, 0.3) is 0 Å². The van der Waals surface area contributed by atoms with Crippen LogP contribution < -0.4 is 0 Å². The molecule has 2 aliphatic rings. The molecule has 132 valence electrons. The van der Waals surface area contributed by atoms with E-state index in [0.717, 1.165) is 44.4 Å². The van der Waals surface area contributed by atoms with Crippen molar-refractivity contribution >= 4 is 5.97 Å². The molecule has 2 aliphatic carbocycles. The first-order valence-electron chi connectivity index (χ1n) is 9.66. The van der Waals surface area contributed by atoms with Crippen LogP contribution in [-0.4, -0.2) is 12.1 Å². The fourth-order valence-electron chi connectivity index (χ4n) is 4.07. The maximum Gasteiger partial charge on any atom is 0.309 e. The second-order valence-corrected chi connectivity index (χ2v) is 7.35. The van der Waals surface area contributed by atoms with Gasteiger partial charge in [-0.25, -0.2) is 0 Å². The van der Waals surface area contributed by atoms with E-state index >= 15 is 0 Å². The van der Waals surface area contributed by atoms with Crippen LogP contribution >= 0.6 is 0 Å². The van der Waals surface area contributed by atoms with E-state index < -0.39 is 0 Å². The molecule has 0 bridgehead atoms. The Morgan fingerprint density at radius 2 is 1.79 bits per heavy atom. The van der Waals surface area contributed by atoms with Crippen LogP contribution in [0.1, 0.15) is 71.1 Å². The number of hydrogen-bond donors (Lipinski definition) is 0. The van der Waals surface area contributed by atoms with E-state index in [1.54, 1.807) is 6.08 Å². The zero-order valence-electron chi connectivity index (χ0n) is 15.0. The van der Waals surface area contributed by atoms with Crippen molar-refractivity contribution in [1.29, 1.82) is 5.26 Å². The van der Waals surface area contributed by atoms with E-state index in [2.05, 4.69) is 13.0 Å². The van der Waals surface area contributed by atoms with Crippen LogP contribution in [0.4, 0.5) is 0 Å². The fraction of sp³-hybridized carbons (Fsp3) is 0.714. The molecule has 2 fully saturated rings. The summed E-state index contributed by atoms with van der Waals surface area (Å²) < 4.78 is 5.80. The van der Waals surface area contributed by atoms with Gasteiger partial charge in [-0.05, 0) is 63.2 Å². The smallest absolute Gasteiger partial charge is 0.309 e. The van der Waals surface area contributed by atoms with Crippen molar-refractivity contribution < 1.29 is 9.53 Å². The van der Waals surface area contributed by atoms with Crippen LogP contribution in [0.2, 0.25) is 0 Å². The first kappa shape index (κ1) is 18.8. The van der Waals surface area contributed by atoms with Gasteiger partial charge in [0, 0.05) is 6.08 Å². The predicted molar refractivity (Wildman–Crippen MR) is 96.1 cm³/mol. The topological polar surface area (TPSA) is 50.1 Å². The minimum absolute atomic E-state index is 0.0564. The standard InChI is InChI=1S/C21H31NO2/c1-2-6-17-8-12-19(13-9-17)21(23)24-20-14-10-18(11-15-20)7-4-3-5-16-22/h3-5,7,17-20H,2,6,8-15H2,1H3/b5-3?,7-4+/t17-,18?,19-,20?. The van der Waals surface area contributed by atoms with Crippen LogP contribution in [0.3, 0.4) is 0 Å². The molecule has 0 aromatic carbocycles. The number of esters is 1. The molecule has 0 amide bonds. The van der Waals surface area contributed by atoms with Gasteiger partial charge < -0.3 is 4.74 Å². The second kappa shape index (κ2) is 10.3. The van der Waals surface area contributed by atoms with Crippen LogP contribution in [-0.2, 0) is 9.53 Å². The lowest BCUT2D eigenvalue weighted by molar-refractivity contribution is -0.157. The van der Waals surface area contributed by atoms with E-state index in [1.165, 1.54) is 31.8 Å². The Balaban J connectivity index is 1.66. The molecular weight excluding hydrogens is 298 g/mol. The molecule has 24 heavy (non-hydrogen) atoms. The Kier molecular flexibility index (Phi) is 8.08. The summed E-state index contributed by atoms with van der Waals surface area (Å²) in [7, 11) is 0. The minimum Gasteiger partial charge on any atom is -0.462 e. The molecule has 3 heteroatoms. The molecule has 0 spiro atoms. The number of rotatable bonds is 6. The number of nitriles is 1. The summed E-state index contributed by atoms with van der Waals surface area (Å²) in [6.45, 7) is 2.24. The summed E-state index contributed by atoms with van der Waals surface area (Å²) in [5, 5.41) is 8.45. The number of carbonyl (C=O) groups excluding carboxylic acids is 1. The molecular formula is C21H31NO2. The summed E-state index contributed by atoms with van der Waals surface area (Å²) in [4.78, 5) is 12.4. The summed E-state index contributed by atoms with van der Waals surface area (Å²) >= 11 is 0. The molecule has 0 unspecified atom stereocenters. The zero-order valence-corrected chi connectivity index (χ0v) is 15.0. The average Bonchev–Trinajstić information content (AvgIpc) is 2.61. The van der Waals surface area contributed by atoms with E-state index in [9.17, 15) is 4.79 Å². The van der Waals surface area contributed by atoms with Gasteiger partial charge in [-0.3, -0.25) is 4.79 Å².